The molecule has 1 aliphatic carbocycles. The summed E-state index contributed by atoms with van der Waals surface area (Å²) >= 11 is 0. The lowest BCUT2D eigenvalue weighted by Gasteiger charge is -2.31. The molecule has 1 amide bonds. The lowest BCUT2D eigenvalue weighted by atomic mass is 9.94. The van der Waals surface area contributed by atoms with Crippen molar-refractivity contribution in [1.82, 2.24) is 20.1 Å². The molecule has 3 N–H and O–H groups in total. The van der Waals surface area contributed by atoms with E-state index in [9.17, 15) is 14.4 Å². The number of ether oxygens (including phenoxy) is 1. The summed E-state index contributed by atoms with van der Waals surface area (Å²) in [5.74, 6) is -1.16. The number of carboxylic acid groups (broad SMARTS) is 1. The number of esters is 1. The predicted octanol–water partition coefficient (Wildman–Crippen LogP) is 5.81. The molecule has 0 aliphatic heterocycles. The van der Waals surface area contributed by atoms with Crippen LogP contribution < -0.4 is 0 Å². The van der Waals surface area contributed by atoms with Gasteiger partial charge in [0.2, 0.25) is 0 Å². The van der Waals surface area contributed by atoms with Gasteiger partial charge in [-0.25, -0.2) is 4.63 Å². The molecule has 2 aromatic rings. The molecule has 0 atom stereocenters. The van der Waals surface area contributed by atoms with Crippen molar-refractivity contribution in [1.29, 1.82) is 0 Å². The van der Waals surface area contributed by atoms with Crippen molar-refractivity contribution in [3.05, 3.63) is 34.4 Å². The summed E-state index contributed by atoms with van der Waals surface area (Å²) in [4.78, 5) is 39.5. The Morgan fingerprint density at radius 3 is 2.36 bits per heavy atom. The number of benzene rings is 1. The Bertz CT molecular complexity index is 1170. The van der Waals surface area contributed by atoms with E-state index in [4.69, 9.17) is 9.84 Å². The fourth-order valence-electron chi connectivity index (χ4n) is 4.15. The van der Waals surface area contributed by atoms with Crippen molar-refractivity contribution in [2.24, 2.45) is 0 Å². The minimum Gasteiger partial charge on any atom is -0.481 e. The van der Waals surface area contributed by atoms with Crippen LogP contribution in [0, 0.1) is 0 Å². The zero-order valence-corrected chi connectivity index (χ0v) is 27.2. The van der Waals surface area contributed by atoms with Crippen molar-refractivity contribution in [3.63, 3.8) is 0 Å². The minimum atomic E-state index is -0.887. The van der Waals surface area contributed by atoms with E-state index in [0.717, 1.165) is 12.8 Å². The lowest BCUT2D eigenvalue weighted by Crippen LogP contribution is -2.38. The van der Waals surface area contributed by atoms with Gasteiger partial charge < -0.3 is 25.1 Å². The molecule has 238 valence electrons. The molecular formula is C29H48N4O7S2. The van der Waals surface area contributed by atoms with E-state index in [-0.39, 0.29) is 31.6 Å². The Balaban J connectivity index is 0.000000787. The van der Waals surface area contributed by atoms with E-state index in [0.29, 0.717) is 47.3 Å². The second-order valence-electron chi connectivity index (χ2n) is 10.5. The Morgan fingerprint density at radius 2 is 1.74 bits per heavy atom. The molecule has 11 nitrogen and oxygen atoms in total. The predicted molar refractivity (Wildman–Crippen MR) is 170 cm³/mol. The first-order valence-electron chi connectivity index (χ1n) is 14.1. The topological polar surface area (TPSA) is 158 Å². The molecule has 1 heterocycles. The minimum absolute atomic E-state index is 0. The van der Waals surface area contributed by atoms with E-state index < -0.39 is 5.97 Å². The highest BCUT2D eigenvalue weighted by Gasteiger charge is 2.23. The van der Waals surface area contributed by atoms with Crippen molar-refractivity contribution >= 4 is 50.5 Å². The van der Waals surface area contributed by atoms with Crippen LogP contribution in [0.4, 0.5) is 0 Å². The summed E-state index contributed by atoms with van der Waals surface area (Å²) in [5, 5.41) is 16.6. The number of carboxylic acids is 1. The summed E-state index contributed by atoms with van der Waals surface area (Å²) in [6, 6.07) is 5.67. The van der Waals surface area contributed by atoms with E-state index in [1.54, 1.807) is 39.8 Å². The lowest BCUT2D eigenvalue weighted by molar-refractivity contribution is -0.144. The number of aliphatic carboxylic acids is 1. The van der Waals surface area contributed by atoms with Crippen LogP contribution >= 0.6 is 21.6 Å². The molecule has 1 aliphatic rings. The first kappa shape index (κ1) is 37.3. The third kappa shape index (κ3) is 13.0. The van der Waals surface area contributed by atoms with Gasteiger partial charge in [0.25, 0.3) is 5.91 Å². The SMILES string of the molecule is C/C(=C(\CCOC(=O)CCCC(=O)O)SSC(C)C)N(C)C.CN(C(=O)c1ccc2nonc2c1)C1CCCCC1.O.[HH]. The summed E-state index contributed by atoms with van der Waals surface area (Å²) < 4.78 is 9.84. The maximum absolute atomic E-state index is 12.5. The van der Waals surface area contributed by atoms with Crippen LogP contribution in [0.3, 0.4) is 0 Å². The van der Waals surface area contributed by atoms with Crippen LogP contribution in [0.1, 0.15) is 90.3 Å². The molecule has 0 unspecified atom stereocenters. The highest BCUT2D eigenvalue weighted by atomic mass is 33.1. The van der Waals surface area contributed by atoms with Gasteiger partial charge in [0.05, 0.1) is 6.61 Å². The second kappa shape index (κ2) is 19.4. The van der Waals surface area contributed by atoms with Gasteiger partial charge in [-0.2, -0.15) is 0 Å². The van der Waals surface area contributed by atoms with Gasteiger partial charge in [-0.15, -0.1) is 0 Å². The number of carbonyl (C=O) groups excluding carboxylic acids is 2. The van der Waals surface area contributed by atoms with Crippen molar-refractivity contribution in [3.8, 4) is 0 Å². The quantitative estimate of drug-likeness (QED) is 0.211. The number of carbonyl (C=O) groups is 3. The van der Waals surface area contributed by atoms with Gasteiger partial charge >= 0.3 is 11.9 Å². The molecule has 13 heteroatoms. The maximum atomic E-state index is 12.5. The Hall–Kier alpha value is -2.77. The van der Waals surface area contributed by atoms with Gasteiger partial charge in [0, 0.05) is 69.3 Å². The number of allylic oxidation sites excluding steroid dienone is 1. The van der Waals surface area contributed by atoms with Gasteiger partial charge in [-0.1, -0.05) is 54.7 Å². The Labute approximate surface area is 257 Å². The molecule has 0 saturated heterocycles. The van der Waals surface area contributed by atoms with Gasteiger partial charge in [-0.05, 0) is 54.7 Å². The number of hydrogen-bond donors (Lipinski definition) is 1. The first-order chi connectivity index (χ1) is 19.5. The fraction of sp³-hybridized carbons (Fsp3) is 0.621. The number of rotatable bonds is 13. The molecule has 1 aromatic carbocycles. The van der Waals surface area contributed by atoms with Crippen LogP contribution in [0.2, 0.25) is 0 Å². The normalized spacial score (nSPS) is 13.9. The molecule has 3 rings (SSSR count). The van der Waals surface area contributed by atoms with Gasteiger partial charge in [0.1, 0.15) is 11.0 Å². The molecule has 1 fully saturated rings. The fourth-order valence-corrected chi connectivity index (χ4v) is 6.47. The molecule has 0 radical (unpaired) electrons. The average Bonchev–Trinajstić information content (AvgIpc) is 3.42. The zero-order valence-electron chi connectivity index (χ0n) is 25.6. The van der Waals surface area contributed by atoms with Crippen LogP contribution in [0.5, 0.6) is 0 Å². The van der Waals surface area contributed by atoms with Crippen LogP contribution in [-0.2, 0) is 14.3 Å². The summed E-state index contributed by atoms with van der Waals surface area (Å²) in [7, 11) is 9.39. The van der Waals surface area contributed by atoms with E-state index in [1.165, 1.54) is 29.9 Å². The molecular weight excluding hydrogens is 580 g/mol. The second-order valence-corrected chi connectivity index (χ2v) is 13.4. The summed E-state index contributed by atoms with van der Waals surface area (Å²) in [5.41, 5.74) is 3.12. The highest BCUT2D eigenvalue weighted by molar-refractivity contribution is 8.78. The number of amides is 1. The Morgan fingerprint density at radius 1 is 1.07 bits per heavy atom. The monoisotopic (exact) mass is 628 g/mol. The zero-order chi connectivity index (χ0) is 30.4. The standard InChI is InChI=1S/C15H27NO4S2.C14H17N3O2.H2O.H2/c1-11(2)21-22-13(12(3)16(4)5)9-10-20-15(19)8-6-7-14(17)18;1-17(11-5-3-2-4-6-11)14(18)10-7-8-12-13(9-10)16-19-15-12;;/h11H,6-10H2,1-5H3,(H,17,18);7-9,11H,2-6H2,1H3;1H2;1H/b13-12-;;;. The number of nitrogens with zero attached hydrogens (tertiary/aromatic N) is 4. The Kier molecular flexibility index (Phi) is 17.2. The van der Waals surface area contributed by atoms with Crippen LogP contribution in [-0.4, -0.2) is 87.6 Å². The molecule has 0 spiro atoms. The molecule has 0 bridgehead atoms. The molecule has 42 heavy (non-hydrogen) atoms. The number of aromatic nitrogens is 2. The number of hydrogen-bond acceptors (Lipinski definition) is 10. The largest absolute Gasteiger partial charge is 0.481 e. The molecule has 1 aromatic heterocycles. The van der Waals surface area contributed by atoms with E-state index >= 15 is 0 Å². The number of fused-ring (bicyclic) bond motifs is 1. The highest BCUT2D eigenvalue weighted by Crippen LogP contribution is 2.37. The third-order valence-electron chi connectivity index (χ3n) is 6.72. The van der Waals surface area contributed by atoms with Gasteiger partial charge in [-0.3, -0.25) is 14.4 Å². The van der Waals surface area contributed by atoms with Crippen molar-refractivity contribution in [2.75, 3.05) is 27.7 Å². The van der Waals surface area contributed by atoms with E-state index in [2.05, 4.69) is 40.6 Å². The summed E-state index contributed by atoms with van der Waals surface area (Å²) in [6.07, 6.45) is 7.10. The smallest absolute Gasteiger partial charge is 0.305 e. The average molecular weight is 629 g/mol. The van der Waals surface area contributed by atoms with Crippen molar-refractivity contribution < 1.29 is 35.8 Å². The van der Waals surface area contributed by atoms with Crippen LogP contribution in [0.15, 0.2) is 33.4 Å². The summed E-state index contributed by atoms with van der Waals surface area (Å²) in [6.45, 7) is 6.67. The maximum Gasteiger partial charge on any atom is 0.305 e. The van der Waals surface area contributed by atoms with Crippen molar-refractivity contribution in [2.45, 2.75) is 89.9 Å². The molecule has 1 saturated carbocycles. The van der Waals surface area contributed by atoms with Crippen LogP contribution in [0.25, 0.3) is 11.0 Å². The third-order valence-corrected chi connectivity index (χ3v) is 9.95. The van der Waals surface area contributed by atoms with E-state index in [1.807, 2.05) is 26.0 Å². The first-order valence-corrected chi connectivity index (χ1v) is 16.3. The van der Waals surface area contributed by atoms with Gasteiger partial charge in [0.15, 0.2) is 0 Å².